The Balaban J connectivity index is 3.22. The molecule has 1 rings (SSSR count). The van der Waals surface area contributed by atoms with Gasteiger partial charge in [0.2, 0.25) is 0 Å². The van der Waals surface area contributed by atoms with Crippen LogP contribution in [0, 0.1) is 0 Å². The average Bonchev–Trinajstić information content (AvgIpc) is 2.60. The van der Waals surface area contributed by atoms with E-state index in [9.17, 15) is 19.2 Å². The predicted octanol–water partition coefficient (Wildman–Crippen LogP) is -0.365. The Labute approximate surface area is 167 Å². The van der Waals surface area contributed by atoms with Crippen LogP contribution >= 0.6 is 0 Å². The summed E-state index contributed by atoms with van der Waals surface area (Å²) in [6.07, 6.45) is -3.16. The highest BCUT2D eigenvalue weighted by atomic mass is 16.7. The summed E-state index contributed by atoms with van der Waals surface area (Å²) in [5.41, 5.74) is 0. The molecule has 1 saturated heterocycles. The summed E-state index contributed by atoms with van der Waals surface area (Å²) in [6.45, 7) is 4.02. The molecule has 0 aliphatic carbocycles. The average molecular weight is 418 g/mol. The Kier molecular flexibility index (Phi) is 10.3. The molecule has 11 nitrogen and oxygen atoms in total. The molecule has 1 heterocycles. The van der Waals surface area contributed by atoms with Crippen LogP contribution in [0.1, 0.15) is 27.7 Å². The highest BCUT2D eigenvalue weighted by molar-refractivity contribution is 5.68. The van der Waals surface area contributed by atoms with Gasteiger partial charge in [0.25, 0.3) is 0 Å². The summed E-state index contributed by atoms with van der Waals surface area (Å²) in [6, 6.07) is 0. The van der Waals surface area contributed by atoms with Crippen molar-refractivity contribution in [3.63, 3.8) is 0 Å². The number of hydrogen-bond donors (Lipinski definition) is 1. The molecular weight excluding hydrogens is 392 g/mol. The van der Waals surface area contributed by atoms with Crippen LogP contribution in [0.15, 0.2) is 12.2 Å². The van der Waals surface area contributed by atoms with Crippen LogP contribution in [0.25, 0.3) is 0 Å². The number of hydrogen-bond acceptors (Lipinski definition) is 11. The lowest BCUT2D eigenvalue weighted by Gasteiger charge is -2.43. The van der Waals surface area contributed by atoms with Gasteiger partial charge in [0, 0.05) is 27.7 Å². The monoisotopic (exact) mass is 418 g/mol. The minimum atomic E-state index is -1.28. The molecule has 11 heteroatoms. The topological polar surface area (TPSA) is 144 Å². The van der Waals surface area contributed by atoms with E-state index in [-0.39, 0.29) is 19.8 Å². The molecular formula is C18H26O11. The second-order valence-corrected chi connectivity index (χ2v) is 6.05. The predicted molar refractivity (Wildman–Crippen MR) is 94.1 cm³/mol. The van der Waals surface area contributed by atoms with E-state index in [4.69, 9.17) is 33.5 Å². The first-order chi connectivity index (χ1) is 13.6. The summed E-state index contributed by atoms with van der Waals surface area (Å²) in [5.74, 6) is -2.76. The van der Waals surface area contributed by atoms with Gasteiger partial charge in [-0.25, -0.2) is 0 Å². The van der Waals surface area contributed by atoms with Gasteiger partial charge >= 0.3 is 23.9 Å². The molecule has 2 unspecified atom stereocenters. The van der Waals surface area contributed by atoms with Gasteiger partial charge in [0.05, 0.1) is 13.2 Å². The molecule has 29 heavy (non-hydrogen) atoms. The van der Waals surface area contributed by atoms with Gasteiger partial charge in [-0.05, 0) is 0 Å². The minimum Gasteiger partial charge on any atom is -0.463 e. The first-order valence-electron chi connectivity index (χ1n) is 8.83. The van der Waals surface area contributed by atoms with Crippen LogP contribution in [-0.4, -0.2) is 79.5 Å². The molecule has 0 bridgehead atoms. The summed E-state index contributed by atoms with van der Waals surface area (Å²) >= 11 is 0. The lowest BCUT2D eigenvalue weighted by Crippen LogP contribution is -2.62. The van der Waals surface area contributed by atoms with Gasteiger partial charge < -0.3 is 33.5 Å². The van der Waals surface area contributed by atoms with Crippen LogP contribution in [0.5, 0.6) is 0 Å². The van der Waals surface area contributed by atoms with Crippen molar-refractivity contribution in [2.24, 2.45) is 0 Å². The van der Waals surface area contributed by atoms with Crippen LogP contribution in [-0.2, 0) is 47.6 Å². The van der Waals surface area contributed by atoms with Crippen LogP contribution in [0.4, 0.5) is 0 Å². The molecule has 164 valence electrons. The van der Waals surface area contributed by atoms with Gasteiger partial charge in [-0.15, -0.1) is 0 Å². The molecule has 0 saturated carbocycles. The molecule has 0 radical (unpaired) electrons. The van der Waals surface area contributed by atoms with Crippen molar-refractivity contribution in [3.8, 4) is 0 Å². The number of carbonyl (C=O) groups is 4. The molecule has 1 N–H and O–H groups in total. The normalized spacial score (nSPS) is 26.6. The fourth-order valence-corrected chi connectivity index (χ4v) is 2.62. The Hall–Kier alpha value is -2.50. The Morgan fingerprint density at radius 3 is 1.90 bits per heavy atom. The summed E-state index contributed by atoms with van der Waals surface area (Å²) < 4.78 is 31.9. The van der Waals surface area contributed by atoms with Crippen molar-refractivity contribution < 1.29 is 52.7 Å². The number of esters is 4. The lowest BCUT2D eigenvalue weighted by atomic mass is 9.98. The third kappa shape index (κ3) is 8.59. The van der Waals surface area contributed by atoms with Gasteiger partial charge in [0.15, 0.2) is 24.6 Å². The Bertz CT molecular complexity index is 615. The molecule has 0 aromatic rings. The maximum absolute atomic E-state index is 11.6. The van der Waals surface area contributed by atoms with E-state index in [0.717, 1.165) is 20.8 Å². The van der Waals surface area contributed by atoms with E-state index in [2.05, 4.69) is 0 Å². The third-order valence-electron chi connectivity index (χ3n) is 3.58. The third-order valence-corrected chi connectivity index (χ3v) is 3.58. The summed E-state index contributed by atoms with van der Waals surface area (Å²) in [4.78, 5) is 46.0. The molecule has 0 aromatic carbocycles. The number of aliphatic hydroxyl groups excluding tert-OH is 1. The standard InChI is InChI=1S/C18H26O11/c1-10(20)25-9-14-15(26-11(2)21)16(27-12(3)22)17(28-13(4)23)18(29-14)24-8-6-5-7-19/h5-6,14-19H,7-9H2,1-4H3/b6-5-/t14?,15-,16+,17?,18-/m1/s1. The molecule has 0 aromatic heterocycles. The van der Waals surface area contributed by atoms with Crippen LogP contribution in [0.3, 0.4) is 0 Å². The largest absolute Gasteiger partial charge is 0.463 e. The van der Waals surface area contributed by atoms with Crippen LogP contribution < -0.4 is 0 Å². The SMILES string of the molecule is CC(=O)OCC1O[C@@H](OC/C=C\CO)C(OC(C)=O)[C@@H](OC(C)=O)[C@@H]1OC(C)=O. The highest BCUT2D eigenvalue weighted by Gasteiger charge is 2.52. The number of rotatable bonds is 9. The second kappa shape index (κ2) is 12.1. The van der Waals surface area contributed by atoms with Crippen LogP contribution in [0.2, 0.25) is 0 Å². The Morgan fingerprint density at radius 1 is 0.828 bits per heavy atom. The zero-order valence-electron chi connectivity index (χ0n) is 16.7. The Morgan fingerprint density at radius 2 is 1.38 bits per heavy atom. The van der Waals surface area contributed by atoms with E-state index in [1.807, 2.05) is 0 Å². The maximum atomic E-state index is 11.6. The van der Waals surface area contributed by atoms with Gasteiger partial charge in [-0.1, -0.05) is 12.2 Å². The smallest absolute Gasteiger partial charge is 0.303 e. The molecule has 5 atom stereocenters. The first-order valence-corrected chi connectivity index (χ1v) is 8.83. The van der Waals surface area contributed by atoms with Gasteiger partial charge in [0.1, 0.15) is 12.7 Å². The fraction of sp³-hybridized carbons (Fsp3) is 0.667. The van der Waals surface area contributed by atoms with E-state index in [1.54, 1.807) is 0 Å². The van der Waals surface area contributed by atoms with Crippen molar-refractivity contribution in [2.45, 2.75) is 58.4 Å². The van der Waals surface area contributed by atoms with Crippen molar-refractivity contribution in [3.05, 3.63) is 12.2 Å². The van der Waals surface area contributed by atoms with Crippen molar-refractivity contribution in [1.82, 2.24) is 0 Å². The molecule has 1 aliphatic heterocycles. The second-order valence-electron chi connectivity index (χ2n) is 6.05. The molecule has 0 spiro atoms. The summed E-state index contributed by atoms with van der Waals surface area (Å²) in [7, 11) is 0. The number of aliphatic hydroxyl groups is 1. The fourth-order valence-electron chi connectivity index (χ4n) is 2.62. The van der Waals surface area contributed by atoms with E-state index >= 15 is 0 Å². The first kappa shape index (κ1) is 24.5. The van der Waals surface area contributed by atoms with Gasteiger partial charge in [-0.3, -0.25) is 19.2 Å². The van der Waals surface area contributed by atoms with Gasteiger partial charge in [-0.2, -0.15) is 0 Å². The number of ether oxygens (including phenoxy) is 6. The van der Waals surface area contributed by atoms with Crippen molar-refractivity contribution in [1.29, 1.82) is 0 Å². The van der Waals surface area contributed by atoms with Crippen molar-refractivity contribution >= 4 is 23.9 Å². The van der Waals surface area contributed by atoms with E-state index < -0.39 is 54.6 Å². The minimum absolute atomic E-state index is 0.0334. The molecule has 1 aliphatic rings. The lowest BCUT2D eigenvalue weighted by molar-refractivity contribution is -0.306. The molecule has 1 fully saturated rings. The highest BCUT2D eigenvalue weighted by Crippen LogP contribution is 2.29. The quantitative estimate of drug-likeness (QED) is 0.297. The van der Waals surface area contributed by atoms with E-state index in [0.29, 0.717) is 0 Å². The summed E-state index contributed by atoms with van der Waals surface area (Å²) in [5, 5.41) is 8.80. The zero-order valence-corrected chi connectivity index (χ0v) is 16.7. The molecule has 0 amide bonds. The zero-order chi connectivity index (χ0) is 22.0. The van der Waals surface area contributed by atoms with Crippen molar-refractivity contribution in [2.75, 3.05) is 19.8 Å². The van der Waals surface area contributed by atoms with E-state index in [1.165, 1.54) is 19.1 Å². The maximum Gasteiger partial charge on any atom is 0.303 e. The number of carbonyl (C=O) groups excluding carboxylic acids is 4.